The second-order valence-electron chi connectivity index (χ2n) is 5.91. The number of aromatic nitrogens is 1. The van der Waals surface area contributed by atoms with Crippen molar-refractivity contribution in [2.45, 2.75) is 53.1 Å². The van der Waals surface area contributed by atoms with Crippen molar-refractivity contribution in [1.82, 2.24) is 10.3 Å². The van der Waals surface area contributed by atoms with Gasteiger partial charge in [-0.15, -0.1) is 0 Å². The minimum Gasteiger partial charge on any atom is -0.357 e. The maximum Gasteiger partial charge on any atom is 0.141 e. The molecule has 3 nitrogen and oxygen atoms in total. The summed E-state index contributed by atoms with van der Waals surface area (Å²) >= 11 is 0. The molecule has 0 bridgehead atoms. The van der Waals surface area contributed by atoms with Crippen LogP contribution in [0.5, 0.6) is 0 Å². The molecule has 1 aromatic heterocycles. The third-order valence-corrected chi connectivity index (χ3v) is 3.48. The predicted octanol–water partition coefficient (Wildman–Crippen LogP) is 3.59. The third kappa shape index (κ3) is 5.08. The molecule has 0 fully saturated rings. The third-order valence-electron chi connectivity index (χ3n) is 3.48. The fraction of sp³-hybridized carbons (Fsp3) is 0.688. The van der Waals surface area contributed by atoms with Gasteiger partial charge in [-0.25, -0.2) is 9.37 Å². The predicted molar refractivity (Wildman–Crippen MR) is 83.5 cm³/mol. The fourth-order valence-electron chi connectivity index (χ4n) is 2.24. The number of rotatable bonds is 8. The lowest BCUT2D eigenvalue weighted by Crippen LogP contribution is -2.31. The van der Waals surface area contributed by atoms with E-state index in [1.54, 1.807) is 6.07 Å². The van der Waals surface area contributed by atoms with Crippen LogP contribution in [0, 0.1) is 11.7 Å². The molecule has 0 radical (unpaired) electrons. The Balaban J connectivity index is 2.83. The molecule has 1 aromatic rings. The van der Waals surface area contributed by atoms with Gasteiger partial charge in [-0.3, -0.25) is 0 Å². The number of halogens is 1. The van der Waals surface area contributed by atoms with E-state index >= 15 is 0 Å². The second kappa shape index (κ2) is 8.20. The van der Waals surface area contributed by atoms with Gasteiger partial charge >= 0.3 is 0 Å². The monoisotopic (exact) mass is 281 g/mol. The van der Waals surface area contributed by atoms with Crippen molar-refractivity contribution in [2.75, 3.05) is 18.5 Å². The first-order valence-corrected chi connectivity index (χ1v) is 7.53. The number of hydrogen-bond donors (Lipinski definition) is 1. The van der Waals surface area contributed by atoms with Gasteiger partial charge in [-0.2, -0.15) is 0 Å². The van der Waals surface area contributed by atoms with E-state index in [9.17, 15) is 4.39 Å². The Labute approximate surface area is 122 Å². The van der Waals surface area contributed by atoms with Crippen LogP contribution >= 0.6 is 0 Å². The lowest BCUT2D eigenvalue weighted by atomic mass is 10.1. The highest BCUT2D eigenvalue weighted by Gasteiger charge is 2.15. The lowest BCUT2D eigenvalue weighted by Gasteiger charge is -2.27. The molecule has 1 atom stereocenters. The second-order valence-corrected chi connectivity index (χ2v) is 5.91. The minimum absolute atomic E-state index is 0.272. The van der Waals surface area contributed by atoms with E-state index in [1.165, 1.54) is 6.20 Å². The Morgan fingerprint density at radius 1 is 1.35 bits per heavy atom. The van der Waals surface area contributed by atoms with Crippen LogP contribution in [0.1, 0.15) is 46.1 Å². The average molecular weight is 281 g/mol. The van der Waals surface area contributed by atoms with Gasteiger partial charge in [0.15, 0.2) is 0 Å². The first kappa shape index (κ1) is 16.9. The zero-order chi connectivity index (χ0) is 15.1. The molecule has 0 saturated heterocycles. The maximum absolute atomic E-state index is 13.4. The van der Waals surface area contributed by atoms with Crippen molar-refractivity contribution in [3.05, 3.63) is 23.6 Å². The van der Waals surface area contributed by atoms with Crippen molar-refractivity contribution in [1.29, 1.82) is 0 Å². The van der Waals surface area contributed by atoms with Gasteiger partial charge in [-0.1, -0.05) is 27.2 Å². The lowest BCUT2D eigenvalue weighted by molar-refractivity contribution is 0.545. The molecule has 0 aromatic carbocycles. The maximum atomic E-state index is 13.4. The van der Waals surface area contributed by atoms with E-state index < -0.39 is 0 Å². The molecule has 1 N–H and O–H groups in total. The molecule has 1 heterocycles. The Bertz CT molecular complexity index is 407. The number of anilines is 1. The molecule has 4 heteroatoms. The normalized spacial score (nSPS) is 12.8. The Morgan fingerprint density at radius 2 is 2.05 bits per heavy atom. The van der Waals surface area contributed by atoms with Crippen molar-refractivity contribution in [3.8, 4) is 0 Å². The van der Waals surface area contributed by atoms with Crippen molar-refractivity contribution >= 4 is 5.82 Å². The van der Waals surface area contributed by atoms with Gasteiger partial charge in [0.2, 0.25) is 0 Å². The molecular weight excluding hydrogens is 253 g/mol. The molecule has 0 amide bonds. The zero-order valence-corrected chi connectivity index (χ0v) is 13.4. The van der Waals surface area contributed by atoms with Gasteiger partial charge in [0.1, 0.15) is 11.6 Å². The molecule has 1 unspecified atom stereocenters. The van der Waals surface area contributed by atoms with Crippen molar-refractivity contribution < 1.29 is 4.39 Å². The molecule has 0 aliphatic rings. The van der Waals surface area contributed by atoms with Crippen LogP contribution in [0.4, 0.5) is 10.2 Å². The Kier molecular flexibility index (Phi) is 6.93. The zero-order valence-electron chi connectivity index (χ0n) is 13.4. The van der Waals surface area contributed by atoms with Crippen LogP contribution < -0.4 is 10.2 Å². The highest BCUT2D eigenvalue weighted by molar-refractivity contribution is 5.47. The molecule has 0 aliphatic heterocycles. The van der Waals surface area contributed by atoms with E-state index in [2.05, 4.69) is 42.9 Å². The highest BCUT2D eigenvalue weighted by Crippen LogP contribution is 2.21. The van der Waals surface area contributed by atoms with Crippen LogP contribution in [0.25, 0.3) is 0 Å². The number of pyridine rings is 1. The quantitative estimate of drug-likeness (QED) is 0.789. The largest absolute Gasteiger partial charge is 0.357 e. The van der Waals surface area contributed by atoms with Crippen LogP contribution in [-0.4, -0.2) is 24.6 Å². The number of nitrogens with zero attached hydrogens (tertiary/aromatic N) is 2. The highest BCUT2D eigenvalue weighted by atomic mass is 19.1. The summed E-state index contributed by atoms with van der Waals surface area (Å²) in [7, 11) is 2.03. The van der Waals surface area contributed by atoms with E-state index in [-0.39, 0.29) is 5.82 Å². The van der Waals surface area contributed by atoms with E-state index in [0.29, 0.717) is 18.5 Å². The number of nitrogens with one attached hydrogen (secondary N) is 1. The van der Waals surface area contributed by atoms with Crippen LogP contribution in [0.2, 0.25) is 0 Å². The smallest absolute Gasteiger partial charge is 0.141 e. The van der Waals surface area contributed by atoms with E-state index in [0.717, 1.165) is 30.8 Å². The Hall–Kier alpha value is -1.16. The minimum atomic E-state index is -0.272. The standard InChI is InChI=1S/C16H28FN3/c1-6-7-13(4)20(5)16-14(8-15(17)11-19-16)10-18-9-12(2)3/h8,11-13,18H,6-7,9-10H2,1-5H3. The summed E-state index contributed by atoms with van der Waals surface area (Å²) in [5.74, 6) is 1.19. The summed E-state index contributed by atoms with van der Waals surface area (Å²) in [5, 5.41) is 3.36. The molecule has 0 spiro atoms. The van der Waals surface area contributed by atoms with Crippen LogP contribution in [0.15, 0.2) is 12.3 Å². The van der Waals surface area contributed by atoms with Crippen molar-refractivity contribution in [2.24, 2.45) is 5.92 Å². The summed E-state index contributed by atoms with van der Waals surface area (Å²) in [6.07, 6.45) is 3.54. The molecule has 114 valence electrons. The molecule has 0 aliphatic carbocycles. The van der Waals surface area contributed by atoms with E-state index in [1.807, 2.05) is 7.05 Å². The molecule has 1 rings (SSSR count). The van der Waals surface area contributed by atoms with Crippen LogP contribution in [0.3, 0.4) is 0 Å². The average Bonchev–Trinajstić information content (AvgIpc) is 2.38. The summed E-state index contributed by atoms with van der Waals surface area (Å²) in [6.45, 7) is 10.2. The van der Waals surface area contributed by atoms with Gasteiger partial charge in [-0.05, 0) is 31.9 Å². The van der Waals surface area contributed by atoms with E-state index in [4.69, 9.17) is 0 Å². The van der Waals surface area contributed by atoms with Gasteiger partial charge in [0, 0.05) is 25.2 Å². The summed E-state index contributed by atoms with van der Waals surface area (Å²) in [6, 6.07) is 1.99. The van der Waals surface area contributed by atoms with Gasteiger partial charge in [0.25, 0.3) is 0 Å². The number of hydrogen-bond acceptors (Lipinski definition) is 3. The summed E-state index contributed by atoms with van der Waals surface area (Å²) in [5.41, 5.74) is 0.927. The Morgan fingerprint density at radius 3 is 2.65 bits per heavy atom. The SMILES string of the molecule is CCCC(C)N(C)c1ncc(F)cc1CNCC(C)C. The molecule has 0 saturated carbocycles. The fourth-order valence-corrected chi connectivity index (χ4v) is 2.24. The first-order chi connectivity index (χ1) is 9.45. The first-order valence-electron chi connectivity index (χ1n) is 7.53. The summed E-state index contributed by atoms with van der Waals surface area (Å²) < 4.78 is 13.4. The van der Waals surface area contributed by atoms with Crippen molar-refractivity contribution in [3.63, 3.8) is 0 Å². The van der Waals surface area contributed by atoms with Crippen LogP contribution in [-0.2, 0) is 6.54 Å². The topological polar surface area (TPSA) is 28.2 Å². The summed E-state index contributed by atoms with van der Waals surface area (Å²) in [4.78, 5) is 6.44. The molecular formula is C16H28FN3. The van der Waals surface area contributed by atoms with Gasteiger partial charge < -0.3 is 10.2 Å². The van der Waals surface area contributed by atoms with Gasteiger partial charge in [0.05, 0.1) is 6.20 Å². The molecule has 20 heavy (non-hydrogen) atoms.